The molecular formula is C17H26N2O2. The number of benzene rings is 1. The van der Waals surface area contributed by atoms with E-state index in [9.17, 15) is 4.79 Å². The lowest BCUT2D eigenvalue weighted by Gasteiger charge is -2.16. The Morgan fingerprint density at radius 2 is 1.95 bits per heavy atom. The number of nitrogens with two attached hydrogens (primary N) is 1. The molecule has 0 atom stereocenters. The maximum absolute atomic E-state index is 12.4. The van der Waals surface area contributed by atoms with Crippen molar-refractivity contribution in [3.8, 4) is 0 Å². The van der Waals surface area contributed by atoms with E-state index in [-0.39, 0.29) is 11.3 Å². The molecule has 0 aromatic heterocycles. The number of rotatable bonds is 8. The van der Waals surface area contributed by atoms with Crippen LogP contribution < -0.4 is 11.1 Å². The van der Waals surface area contributed by atoms with Crippen LogP contribution in [-0.4, -0.2) is 25.7 Å². The van der Waals surface area contributed by atoms with E-state index >= 15 is 0 Å². The van der Waals surface area contributed by atoms with E-state index in [0.717, 1.165) is 37.1 Å². The lowest BCUT2D eigenvalue weighted by Crippen LogP contribution is -2.36. The number of carbonyl (C=O) groups is 1. The van der Waals surface area contributed by atoms with Crippen LogP contribution in [0.1, 0.15) is 38.7 Å². The molecule has 1 fully saturated rings. The minimum absolute atomic E-state index is 0.111. The molecule has 0 spiro atoms. The van der Waals surface area contributed by atoms with E-state index in [2.05, 4.69) is 19.2 Å². The van der Waals surface area contributed by atoms with Crippen LogP contribution in [-0.2, 0) is 14.9 Å². The minimum Gasteiger partial charge on any atom is -0.399 e. The van der Waals surface area contributed by atoms with Crippen molar-refractivity contribution in [3.05, 3.63) is 29.8 Å². The first-order valence-electron chi connectivity index (χ1n) is 7.77. The van der Waals surface area contributed by atoms with Crippen molar-refractivity contribution in [1.82, 2.24) is 5.32 Å². The molecule has 0 radical (unpaired) electrons. The molecule has 0 bridgehead atoms. The van der Waals surface area contributed by atoms with E-state index in [1.807, 2.05) is 24.3 Å². The van der Waals surface area contributed by atoms with Crippen LogP contribution >= 0.6 is 0 Å². The summed E-state index contributed by atoms with van der Waals surface area (Å²) in [6.07, 6.45) is 2.89. The molecule has 1 amide bonds. The zero-order valence-electron chi connectivity index (χ0n) is 13.0. The SMILES string of the molecule is CC(C)CCOCCNC(=O)C1(c2ccc(N)cc2)CC1. The Morgan fingerprint density at radius 3 is 2.52 bits per heavy atom. The summed E-state index contributed by atoms with van der Waals surface area (Å²) in [4.78, 5) is 12.4. The van der Waals surface area contributed by atoms with Gasteiger partial charge in [-0.1, -0.05) is 26.0 Å². The van der Waals surface area contributed by atoms with Gasteiger partial charge in [-0.3, -0.25) is 4.79 Å². The fraction of sp³-hybridized carbons (Fsp3) is 0.588. The summed E-state index contributed by atoms with van der Waals surface area (Å²) in [6, 6.07) is 7.64. The molecule has 0 heterocycles. The number of ether oxygens (including phenoxy) is 1. The second-order valence-electron chi connectivity index (χ2n) is 6.25. The molecule has 2 rings (SSSR count). The third-order valence-electron chi connectivity index (χ3n) is 4.02. The first kappa shape index (κ1) is 15.8. The molecule has 1 aromatic rings. The number of nitrogen functional groups attached to an aromatic ring is 1. The van der Waals surface area contributed by atoms with Gasteiger partial charge in [0.15, 0.2) is 0 Å². The molecule has 0 saturated heterocycles. The maximum atomic E-state index is 12.4. The van der Waals surface area contributed by atoms with Crippen LogP contribution in [0.4, 0.5) is 5.69 Å². The van der Waals surface area contributed by atoms with Gasteiger partial charge in [-0.15, -0.1) is 0 Å². The van der Waals surface area contributed by atoms with Gasteiger partial charge in [0.2, 0.25) is 5.91 Å². The van der Waals surface area contributed by atoms with Crippen LogP contribution in [0.15, 0.2) is 24.3 Å². The third kappa shape index (κ3) is 4.21. The molecule has 4 nitrogen and oxygen atoms in total. The quantitative estimate of drug-likeness (QED) is 0.571. The predicted octanol–water partition coefficient (Wildman–Crippen LogP) is 2.48. The summed E-state index contributed by atoms with van der Waals surface area (Å²) in [7, 11) is 0. The topological polar surface area (TPSA) is 64.3 Å². The van der Waals surface area contributed by atoms with E-state index in [4.69, 9.17) is 10.5 Å². The number of hydrogen-bond donors (Lipinski definition) is 2. The van der Waals surface area contributed by atoms with Crippen LogP contribution in [0, 0.1) is 5.92 Å². The van der Waals surface area contributed by atoms with Gasteiger partial charge < -0.3 is 15.8 Å². The normalized spacial score (nSPS) is 16.0. The van der Waals surface area contributed by atoms with Crippen molar-refractivity contribution < 1.29 is 9.53 Å². The van der Waals surface area contributed by atoms with Gasteiger partial charge in [0.1, 0.15) is 0 Å². The number of amides is 1. The Hall–Kier alpha value is -1.55. The second-order valence-corrected chi connectivity index (χ2v) is 6.25. The second kappa shape index (κ2) is 6.94. The highest BCUT2D eigenvalue weighted by Gasteiger charge is 2.50. The summed E-state index contributed by atoms with van der Waals surface area (Å²) in [5.74, 6) is 0.763. The van der Waals surface area contributed by atoms with Gasteiger partial charge in [-0.2, -0.15) is 0 Å². The van der Waals surface area contributed by atoms with Crippen molar-refractivity contribution in [2.24, 2.45) is 5.92 Å². The molecule has 1 aromatic carbocycles. The highest BCUT2D eigenvalue weighted by atomic mass is 16.5. The highest BCUT2D eigenvalue weighted by Crippen LogP contribution is 2.48. The van der Waals surface area contributed by atoms with Crippen molar-refractivity contribution in [2.45, 2.75) is 38.5 Å². The Bertz CT molecular complexity index is 464. The molecule has 21 heavy (non-hydrogen) atoms. The van der Waals surface area contributed by atoms with Gasteiger partial charge in [0.05, 0.1) is 12.0 Å². The summed E-state index contributed by atoms with van der Waals surface area (Å²) >= 11 is 0. The van der Waals surface area contributed by atoms with Gasteiger partial charge in [0, 0.05) is 18.8 Å². The van der Waals surface area contributed by atoms with Crippen LogP contribution in [0.25, 0.3) is 0 Å². The van der Waals surface area contributed by atoms with Crippen LogP contribution in [0.5, 0.6) is 0 Å². The average molecular weight is 290 g/mol. The Morgan fingerprint density at radius 1 is 1.29 bits per heavy atom. The van der Waals surface area contributed by atoms with Crippen molar-refractivity contribution in [1.29, 1.82) is 0 Å². The Labute approximate surface area is 127 Å². The lowest BCUT2D eigenvalue weighted by atomic mass is 9.95. The maximum Gasteiger partial charge on any atom is 0.230 e. The van der Waals surface area contributed by atoms with Crippen molar-refractivity contribution in [2.75, 3.05) is 25.5 Å². The highest BCUT2D eigenvalue weighted by molar-refractivity contribution is 5.91. The third-order valence-corrected chi connectivity index (χ3v) is 4.02. The van der Waals surface area contributed by atoms with Crippen LogP contribution in [0.2, 0.25) is 0 Å². The fourth-order valence-electron chi connectivity index (χ4n) is 2.40. The molecule has 4 heteroatoms. The predicted molar refractivity (Wildman–Crippen MR) is 85.1 cm³/mol. The van der Waals surface area contributed by atoms with Crippen molar-refractivity contribution in [3.63, 3.8) is 0 Å². The first-order valence-corrected chi connectivity index (χ1v) is 7.77. The fourth-order valence-corrected chi connectivity index (χ4v) is 2.40. The smallest absolute Gasteiger partial charge is 0.230 e. The number of anilines is 1. The van der Waals surface area contributed by atoms with E-state index in [0.29, 0.717) is 19.1 Å². The van der Waals surface area contributed by atoms with Gasteiger partial charge in [-0.05, 0) is 42.9 Å². The molecule has 1 saturated carbocycles. The molecule has 1 aliphatic carbocycles. The summed E-state index contributed by atoms with van der Waals surface area (Å²) in [5, 5.41) is 2.99. The minimum atomic E-state index is -0.328. The van der Waals surface area contributed by atoms with E-state index in [1.54, 1.807) is 0 Å². The molecule has 1 aliphatic rings. The molecule has 3 N–H and O–H groups in total. The molecule has 116 valence electrons. The van der Waals surface area contributed by atoms with E-state index < -0.39 is 0 Å². The Balaban J connectivity index is 1.74. The standard InChI is InChI=1S/C17H26N2O2/c1-13(2)7-11-21-12-10-19-16(20)17(8-9-17)14-3-5-15(18)6-4-14/h3-6,13H,7-12,18H2,1-2H3,(H,19,20). The lowest BCUT2D eigenvalue weighted by molar-refractivity contribution is -0.123. The number of hydrogen-bond acceptors (Lipinski definition) is 3. The summed E-state index contributed by atoms with van der Waals surface area (Å²) in [6.45, 7) is 6.27. The molecule has 0 aliphatic heterocycles. The largest absolute Gasteiger partial charge is 0.399 e. The summed E-state index contributed by atoms with van der Waals surface area (Å²) < 4.78 is 5.52. The van der Waals surface area contributed by atoms with Gasteiger partial charge >= 0.3 is 0 Å². The zero-order valence-corrected chi connectivity index (χ0v) is 13.0. The van der Waals surface area contributed by atoms with Gasteiger partial charge in [0.25, 0.3) is 0 Å². The number of nitrogens with one attached hydrogen (secondary N) is 1. The molecular weight excluding hydrogens is 264 g/mol. The average Bonchev–Trinajstić information content (AvgIpc) is 3.24. The molecule has 0 unspecified atom stereocenters. The van der Waals surface area contributed by atoms with E-state index in [1.165, 1.54) is 0 Å². The monoisotopic (exact) mass is 290 g/mol. The zero-order chi connectivity index (χ0) is 15.3. The van der Waals surface area contributed by atoms with Crippen LogP contribution in [0.3, 0.4) is 0 Å². The van der Waals surface area contributed by atoms with Gasteiger partial charge in [-0.25, -0.2) is 0 Å². The Kier molecular flexibility index (Phi) is 5.23. The summed E-state index contributed by atoms with van der Waals surface area (Å²) in [5.41, 5.74) is 7.16. The number of carbonyl (C=O) groups excluding carboxylic acids is 1. The van der Waals surface area contributed by atoms with Crippen molar-refractivity contribution >= 4 is 11.6 Å². The first-order chi connectivity index (χ1) is 10.0.